The van der Waals surface area contributed by atoms with Crippen LogP contribution in [0.2, 0.25) is 0 Å². The molecule has 2 aliphatic heterocycles. The summed E-state index contributed by atoms with van der Waals surface area (Å²) in [7, 11) is -3.12. The lowest BCUT2D eigenvalue weighted by atomic mass is 10.1. The molecule has 0 saturated carbocycles. The summed E-state index contributed by atoms with van der Waals surface area (Å²) in [5.74, 6) is 0.232. The van der Waals surface area contributed by atoms with E-state index in [0.29, 0.717) is 25.9 Å². The van der Waals surface area contributed by atoms with E-state index in [2.05, 4.69) is 22.3 Å². The Labute approximate surface area is 156 Å². The Morgan fingerprint density at radius 1 is 1.12 bits per heavy atom. The molecule has 6 nitrogen and oxygen atoms in total. The molecule has 0 radical (unpaired) electrons. The highest BCUT2D eigenvalue weighted by atomic mass is 32.2. The van der Waals surface area contributed by atoms with Crippen LogP contribution in [-0.4, -0.2) is 61.0 Å². The third-order valence-corrected chi connectivity index (χ3v) is 7.33. The molecule has 1 N–H and O–H groups in total. The molecule has 0 aromatic heterocycles. The molecule has 1 aromatic rings. The minimum absolute atomic E-state index is 0.0741. The lowest BCUT2D eigenvalue weighted by molar-refractivity contribution is -0.126. The van der Waals surface area contributed by atoms with E-state index in [-0.39, 0.29) is 23.7 Å². The number of hydrogen-bond donors (Lipinski definition) is 1. The smallest absolute Gasteiger partial charge is 0.237 e. The predicted molar refractivity (Wildman–Crippen MR) is 102 cm³/mol. The van der Waals surface area contributed by atoms with E-state index in [1.54, 1.807) is 11.2 Å². The number of nitrogens with one attached hydrogen (secondary N) is 1. The van der Waals surface area contributed by atoms with E-state index in [1.165, 1.54) is 5.56 Å². The Morgan fingerprint density at radius 2 is 1.81 bits per heavy atom. The first-order valence-electron chi connectivity index (χ1n) is 9.56. The van der Waals surface area contributed by atoms with Gasteiger partial charge in [-0.2, -0.15) is 0 Å². The number of likely N-dealkylation sites (tertiary alicyclic amines) is 1. The van der Waals surface area contributed by atoms with Crippen LogP contribution < -0.4 is 5.32 Å². The van der Waals surface area contributed by atoms with E-state index in [0.717, 1.165) is 25.9 Å². The third-order valence-electron chi connectivity index (χ3n) is 5.45. The maximum Gasteiger partial charge on any atom is 0.237 e. The fraction of sp³-hybridized carbons (Fsp3) is 0.632. The molecule has 2 fully saturated rings. The van der Waals surface area contributed by atoms with Crippen LogP contribution in [0.1, 0.15) is 38.2 Å². The van der Waals surface area contributed by atoms with Crippen molar-refractivity contribution in [2.24, 2.45) is 0 Å². The van der Waals surface area contributed by atoms with Crippen molar-refractivity contribution in [3.8, 4) is 0 Å². The Bertz CT molecular complexity index is 700. The second-order valence-electron chi connectivity index (χ2n) is 7.20. The van der Waals surface area contributed by atoms with Gasteiger partial charge in [0.25, 0.3) is 0 Å². The number of rotatable bonds is 6. The second kappa shape index (κ2) is 8.50. The second-order valence-corrected chi connectivity index (χ2v) is 9.45. The van der Waals surface area contributed by atoms with Gasteiger partial charge in [-0.05, 0) is 44.7 Å². The number of carbonyl (C=O) groups excluding carboxylic acids is 1. The van der Waals surface area contributed by atoms with Crippen LogP contribution in [-0.2, 0) is 21.4 Å². The van der Waals surface area contributed by atoms with Gasteiger partial charge in [0.05, 0.1) is 11.8 Å². The molecule has 2 heterocycles. The number of piperidine rings is 1. The topological polar surface area (TPSA) is 69.7 Å². The van der Waals surface area contributed by atoms with Crippen LogP contribution in [0.25, 0.3) is 0 Å². The Hall–Kier alpha value is -1.44. The minimum Gasteiger partial charge on any atom is -0.352 e. The molecule has 0 bridgehead atoms. The highest BCUT2D eigenvalue weighted by molar-refractivity contribution is 7.89. The van der Waals surface area contributed by atoms with Gasteiger partial charge in [0.15, 0.2) is 0 Å². The summed E-state index contributed by atoms with van der Waals surface area (Å²) in [5.41, 5.74) is 1.23. The standard InChI is InChI=1S/C19H29N3O3S/c1-2-26(24,25)22-13-10-17(11-14-22)20-19(23)18-9-6-12-21(18)15-16-7-4-3-5-8-16/h3-5,7-8,17-18H,2,6,9-15H2,1H3,(H,20,23)/t18-/m1/s1. The van der Waals surface area contributed by atoms with Crippen molar-refractivity contribution in [1.82, 2.24) is 14.5 Å². The summed E-state index contributed by atoms with van der Waals surface area (Å²) in [5, 5.41) is 3.16. The molecule has 3 rings (SSSR count). The quantitative estimate of drug-likeness (QED) is 0.815. The normalized spacial score (nSPS) is 23.2. The van der Waals surface area contributed by atoms with Gasteiger partial charge >= 0.3 is 0 Å². The monoisotopic (exact) mass is 379 g/mol. The molecular weight excluding hydrogens is 350 g/mol. The van der Waals surface area contributed by atoms with E-state index in [1.807, 2.05) is 18.2 Å². The van der Waals surface area contributed by atoms with E-state index >= 15 is 0 Å². The molecule has 1 aromatic carbocycles. The van der Waals surface area contributed by atoms with Crippen LogP contribution in [0, 0.1) is 0 Å². The highest BCUT2D eigenvalue weighted by Gasteiger charge is 2.33. The maximum atomic E-state index is 12.8. The Kier molecular flexibility index (Phi) is 6.32. The van der Waals surface area contributed by atoms with Crippen molar-refractivity contribution in [2.45, 2.75) is 51.2 Å². The third kappa shape index (κ3) is 4.64. The van der Waals surface area contributed by atoms with Crippen molar-refractivity contribution in [2.75, 3.05) is 25.4 Å². The first-order chi connectivity index (χ1) is 12.5. The molecule has 144 valence electrons. The first kappa shape index (κ1) is 19.3. The molecule has 7 heteroatoms. The minimum atomic E-state index is -3.12. The predicted octanol–water partition coefficient (Wildman–Crippen LogP) is 1.58. The Morgan fingerprint density at radius 3 is 2.46 bits per heavy atom. The number of nitrogens with zero attached hydrogens (tertiary/aromatic N) is 2. The van der Waals surface area contributed by atoms with Crippen molar-refractivity contribution in [3.05, 3.63) is 35.9 Å². The summed E-state index contributed by atoms with van der Waals surface area (Å²) in [4.78, 5) is 15.0. The van der Waals surface area contributed by atoms with E-state index in [4.69, 9.17) is 0 Å². The fourth-order valence-electron chi connectivity index (χ4n) is 3.89. The van der Waals surface area contributed by atoms with Crippen LogP contribution in [0.4, 0.5) is 0 Å². The number of hydrogen-bond acceptors (Lipinski definition) is 4. The van der Waals surface area contributed by atoms with Gasteiger partial charge in [-0.3, -0.25) is 9.69 Å². The molecule has 1 atom stereocenters. The number of amides is 1. The maximum absolute atomic E-state index is 12.8. The van der Waals surface area contributed by atoms with Gasteiger partial charge in [-0.15, -0.1) is 0 Å². The zero-order chi connectivity index (χ0) is 18.6. The van der Waals surface area contributed by atoms with Gasteiger partial charge in [0.1, 0.15) is 0 Å². The summed E-state index contributed by atoms with van der Waals surface area (Å²) in [6.45, 7) is 4.41. The zero-order valence-corrected chi connectivity index (χ0v) is 16.2. The number of carbonyl (C=O) groups is 1. The fourth-order valence-corrected chi connectivity index (χ4v) is 5.02. The molecule has 0 aliphatic carbocycles. The lowest BCUT2D eigenvalue weighted by Gasteiger charge is -2.33. The average Bonchev–Trinajstić information content (AvgIpc) is 3.11. The van der Waals surface area contributed by atoms with Gasteiger partial charge < -0.3 is 5.32 Å². The van der Waals surface area contributed by atoms with Crippen molar-refractivity contribution in [1.29, 1.82) is 0 Å². The first-order valence-corrected chi connectivity index (χ1v) is 11.2. The molecule has 0 unspecified atom stereocenters. The van der Waals surface area contributed by atoms with E-state index < -0.39 is 10.0 Å². The van der Waals surface area contributed by atoms with Gasteiger partial charge in [0.2, 0.25) is 15.9 Å². The summed E-state index contributed by atoms with van der Waals surface area (Å²) in [6.07, 6.45) is 3.31. The summed E-state index contributed by atoms with van der Waals surface area (Å²) >= 11 is 0. The average molecular weight is 380 g/mol. The van der Waals surface area contributed by atoms with Crippen LogP contribution in [0.5, 0.6) is 0 Å². The van der Waals surface area contributed by atoms with Crippen molar-refractivity contribution < 1.29 is 13.2 Å². The summed E-state index contributed by atoms with van der Waals surface area (Å²) < 4.78 is 25.4. The molecule has 2 saturated heterocycles. The van der Waals surface area contributed by atoms with Crippen LogP contribution in [0.3, 0.4) is 0 Å². The number of benzene rings is 1. The largest absolute Gasteiger partial charge is 0.352 e. The molecular formula is C19H29N3O3S. The summed E-state index contributed by atoms with van der Waals surface area (Å²) in [6, 6.07) is 10.2. The van der Waals surface area contributed by atoms with Crippen molar-refractivity contribution in [3.63, 3.8) is 0 Å². The van der Waals surface area contributed by atoms with Gasteiger partial charge in [-0.25, -0.2) is 12.7 Å². The molecule has 0 spiro atoms. The number of sulfonamides is 1. The van der Waals surface area contributed by atoms with Gasteiger partial charge in [0, 0.05) is 25.7 Å². The SMILES string of the molecule is CCS(=O)(=O)N1CCC(NC(=O)[C@H]2CCCN2Cc2ccccc2)CC1. The molecule has 1 amide bonds. The molecule has 26 heavy (non-hydrogen) atoms. The van der Waals surface area contributed by atoms with E-state index in [9.17, 15) is 13.2 Å². The highest BCUT2D eigenvalue weighted by Crippen LogP contribution is 2.21. The zero-order valence-electron chi connectivity index (χ0n) is 15.4. The van der Waals surface area contributed by atoms with Crippen molar-refractivity contribution >= 4 is 15.9 Å². The Balaban J connectivity index is 1.52. The van der Waals surface area contributed by atoms with Crippen LogP contribution >= 0.6 is 0 Å². The molecule has 2 aliphatic rings. The van der Waals surface area contributed by atoms with Gasteiger partial charge in [-0.1, -0.05) is 30.3 Å². The van der Waals surface area contributed by atoms with Crippen LogP contribution in [0.15, 0.2) is 30.3 Å². The lowest BCUT2D eigenvalue weighted by Crippen LogP contribution is -2.51.